The van der Waals surface area contributed by atoms with Gasteiger partial charge in [0.15, 0.2) is 0 Å². The Morgan fingerprint density at radius 2 is 2.16 bits per heavy atom. The molecule has 0 aliphatic carbocycles. The van der Waals surface area contributed by atoms with E-state index in [4.69, 9.17) is 4.74 Å². The van der Waals surface area contributed by atoms with E-state index in [2.05, 4.69) is 50.0 Å². The molecule has 1 unspecified atom stereocenters. The molecule has 0 spiro atoms. The van der Waals surface area contributed by atoms with Gasteiger partial charge in [-0.05, 0) is 39.4 Å². The molecule has 2 heterocycles. The number of hydrogen-bond donors (Lipinski definition) is 1. The maximum atomic E-state index is 5.95. The van der Waals surface area contributed by atoms with Gasteiger partial charge in [0, 0.05) is 35.9 Å². The number of hydrogen-bond acceptors (Lipinski definition) is 4. The van der Waals surface area contributed by atoms with Crippen LogP contribution in [0.2, 0.25) is 0 Å². The molecule has 0 aromatic carbocycles. The molecule has 1 aliphatic heterocycles. The molecule has 19 heavy (non-hydrogen) atoms. The van der Waals surface area contributed by atoms with E-state index < -0.39 is 0 Å². The minimum atomic E-state index is -0.0263. The van der Waals surface area contributed by atoms with Gasteiger partial charge >= 0.3 is 0 Å². The Morgan fingerprint density at radius 3 is 2.84 bits per heavy atom. The molecule has 1 aliphatic rings. The van der Waals surface area contributed by atoms with Crippen LogP contribution in [0.4, 0.5) is 0 Å². The maximum absolute atomic E-state index is 5.95. The van der Waals surface area contributed by atoms with Crippen molar-refractivity contribution in [2.75, 3.05) is 19.6 Å². The fourth-order valence-electron chi connectivity index (χ4n) is 2.78. The number of nitrogens with zero attached hydrogens (tertiary/aromatic N) is 1. The topological polar surface area (TPSA) is 24.5 Å². The average Bonchev–Trinajstić information content (AvgIpc) is 2.71. The molecule has 0 saturated carbocycles. The molecular formula is C15H26N2OS. The summed E-state index contributed by atoms with van der Waals surface area (Å²) in [4.78, 5) is 5.40. The first-order valence-corrected chi connectivity index (χ1v) is 7.98. The number of morpholine rings is 1. The van der Waals surface area contributed by atoms with Crippen LogP contribution in [-0.2, 0) is 17.8 Å². The lowest BCUT2D eigenvalue weighted by Crippen LogP contribution is -2.51. The zero-order valence-corrected chi connectivity index (χ0v) is 13.3. The van der Waals surface area contributed by atoms with Crippen molar-refractivity contribution in [3.63, 3.8) is 0 Å². The lowest BCUT2D eigenvalue weighted by atomic mass is 10.1. The van der Waals surface area contributed by atoms with Gasteiger partial charge in [0.2, 0.25) is 0 Å². The third kappa shape index (κ3) is 4.56. The minimum absolute atomic E-state index is 0.0263. The van der Waals surface area contributed by atoms with Crippen LogP contribution in [0.5, 0.6) is 0 Å². The van der Waals surface area contributed by atoms with Crippen molar-refractivity contribution in [3.8, 4) is 0 Å². The smallest absolute Gasteiger partial charge is 0.0757 e. The molecule has 1 atom stereocenters. The Labute approximate surface area is 121 Å². The predicted molar refractivity (Wildman–Crippen MR) is 81.6 cm³/mol. The number of nitrogens with one attached hydrogen (secondary N) is 1. The van der Waals surface area contributed by atoms with Crippen LogP contribution in [0, 0.1) is 0 Å². The molecule has 0 bridgehead atoms. The summed E-state index contributed by atoms with van der Waals surface area (Å²) in [6.07, 6.45) is 0.324. The summed E-state index contributed by atoms with van der Waals surface area (Å²) in [7, 11) is 0. The minimum Gasteiger partial charge on any atom is -0.370 e. The zero-order valence-electron chi connectivity index (χ0n) is 12.5. The highest BCUT2D eigenvalue weighted by atomic mass is 32.1. The summed E-state index contributed by atoms with van der Waals surface area (Å²) in [6.45, 7) is 13.8. The quantitative estimate of drug-likeness (QED) is 0.899. The van der Waals surface area contributed by atoms with E-state index in [1.54, 1.807) is 0 Å². The average molecular weight is 282 g/mol. The molecule has 1 saturated heterocycles. The number of rotatable bonds is 5. The third-order valence-corrected chi connectivity index (χ3v) is 4.36. The second kappa shape index (κ2) is 6.35. The second-order valence-corrected chi connectivity index (χ2v) is 7.26. The summed E-state index contributed by atoms with van der Waals surface area (Å²) in [5.41, 5.74) is -0.0263. The summed E-state index contributed by atoms with van der Waals surface area (Å²) in [5.74, 6) is 0. The molecule has 1 aromatic rings. The Kier molecular flexibility index (Phi) is 5.01. The van der Waals surface area contributed by atoms with Crippen molar-refractivity contribution in [3.05, 3.63) is 21.9 Å². The first-order valence-electron chi connectivity index (χ1n) is 7.17. The monoisotopic (exact) mass is 282 g/mol. The molecule has 1 N–H and O–H groups in total. The second-order valence-electron chi connectivity index (χ2n) is 6.01. The molecule has 3 nitrogen and oxygen atoms in total. The molecule has 4 heteroatoms. The normalized spacial score (nSPS) is 23.7. The summed E-state index contributed by atoms with van der Waals surface area (Å²) in [6, 6.07) is 4.52. The van der Waals surface area contributed by atoms with Gasteiger partial charge in [0.05, 0.1) is 11.7 Å². The molecule has 0 amide bonds. The fraction of sp³-hybridized carbons (Fsp3) is 0.733. The Bertz CT molecular complexity index is 403. The van der Waals surface area contributed by atoms with Crippen molar-refractivity contribution >= 4 is 11.3 Å². The standard InChI is InChI=1S/C15H26N2OS/c1-5-16-8-13-6-7-14(19-13)10-17-9-12(2)18-15(3,4)11-17/h6-7,12,16H,5,8-11H2,1-4H3. The maximum Gasteiger partial charge on any atom is 0.0757 e. The van der Waals surface area contributed by atoms with E-state index in [-0.39, 0.29) is 5.60 Å². The van der Waals surface area contributed by atoms with Crippen LogP contribution in [0.15, 0.2) is 12.1 Å². The van der Waals surface area contributed by atoms with Crippen LogP contribution in [0.3, 0.4) is 0 Å². The van der Waals surface area contributed by atoms with E-state index in [1.165, 1.54) is 9.75 Å². The van der Waals surface area contributed by atoms with Gasteiger partial charge < -0.3 is 10.1 Å². The number of thiophene rings is 1. The van der Waals surface area contributed by atoms with Crippen molar-refractivity contribution < 1.29 is 4.74 Å². The van der Waals surface area contributed by atoms with E-state index in [9.17, 15) is 0 Å². The first-order chi connectivity index (χ1) is 8.98. The van der Waals surface area contributed by atoms with Gasteiger partial charge in [-0.2, -0.15) is 0 Å². The Morgan fingerprint density at radius 1 is 1.42 bits per heavy atom. The van der Waals surface area contributed by atoms with Crippen molar-refractivity contribution in [2.24, 2.45) is 0 Å². The Balaban J connectivity index is 1.91. The summed E-state index contributed by atoms with van der Waals surface area (Å²) in [5, 5.41) is 3.38. The van der Waals surface area contributed by atoms with Crippen LogP contribution in [0.1, 0.15) is 37.4 Å². The highest BCUT2D eigenvalue weighted by Gasteiger charge is 2.31. The molecule has 0 radical (unpaired) electrons. The SMILES string of the molecule is CCNCc1ccc(CN2CC(C)OC(C)(C)C2)s1. The van der Waals surface area contributed by atoms with Gasteiger partial charge in [-0.25, -0.2) is 0 Å². The van der Waals surface area contributed by atoms with Gasteiger partial charge in [-0.1, -0.05) is 6.92 Å². The van der Waals surface area contributed by atoms with Gasteiger partial charge in [0.25, 0.3) is 0 Å². The van der Waals surface area contributed by atoms with E-state index >= 15 is 0 Å². The summed E-state index contributed by atoms with van der Waals surface area (Å²) < 4.78 is 5.95. The van der Waals surface area contributed by atoms with Gasteiger partial charge in [-0.3, -0.25) is 4.90 Å². The largest absolute Gasteiger partial charge is 0.370 e. The van der Waals surface area contributed by atoms with E-state index in [0.29, 0.717) is 6.10 Å². The lowest BCUT2D eigenvalue weighted by molar-refractivity contribution is -0.130. The van der Waals surface area contributed by atoms with Crippen molar-refractivity contribution in [1.82, 2.24) is 10.2 Å². The highest BCUT2D eigenvalue weighted by molar-refractivity contribution is 7.11. The van der Waals surface area contributed by atoms with Crippen molar-refractivity contribution in [2.45, 2.75) is 52.5 Å². The number of ether oxygens (including phenoxy) is 1. The van der Waals surface area contributed by atoms with Crippen molar-refractivity contribution in [1.29, 1.82) is 0 Å². The molecular weight excluding hydrogens is 256 g/mol. The Hall–Kier alpha value is -0.420. The first kappa shape index (κ1) is 15.0. The molecule has 2 rings (SSSR count). The molecule has 1 aromatic heterocycles. The fourth-order valence-corrected chi connectivity index (χ4v) is 3.81. The predicted octanol–water partition coefficient (Wildman–Crippen LogP) is 2.86. The summed E-state index contributed by atoms with van der Waals surface area (Å²) >= 11 is 1.92. The van der Waals surface area contributed by atoms with Crippen LogP contribution < -0.4 is 5.32 Å². The molecule has 1 fully saturated rings. The highest BCUT2D eigenvalue weighted by Crippen LogP contribution is 2.24. The lowest BCUT2D eigenvalue weighted by Gasteiger charge is -2.41. The third-order valence-electron chi connectivity index (χ3n) is 3.29. The van der Waals surface area contributed by atoms with Gasteiger partial charge in [-0.15, -0.1) is 11.3 Å². The van der Waals surface area contributed by atoms with E-state index in [1.807, 2.05) is 11.3 Å². The van der Waals surface area contributed by atoms with E-state index in [0.717, 1.165) is 32.7 Å². The zero-order chi connectivity index (χ0) is 13.9. The van der Waals surface area contributed by atoms with Crippen LogP contribution >= 0.6 is 11.3 Å². The van der Waals surface area contributed by atoms with Gasteiger partial charge in [0.1, 0.15) is 0 Å². The molecule has 108 valence electrons. The van der Waals surface area contributed by atoms with Crippen LogP contribution in [0.25, 0.3) is 0 Å². The van der Waals surface area contributed by atoms with Crippen LogP contribution in [-0.4, -0.2) is 36.2 Å².